The van der Waals surface area contributed by atoms with Crippen molar-refractivity contribution in [3.63, 3.8) is 0 Å². The van der Waals surface area contributed by atoms with Gasteiger partial charge in [-0.3, -0.25) is 4.79 Å². The van der Waals surface area contributed by atoms with Crippen LogP contribution in [0.2, 0.25) is 0 Å². The molecule has 0 bridgehead atoms. The Morgan fingerprint density at radius 2 is 2.33 bits per heavy atom. The average Bonchev–Trinajstić information content (AvgIpc) is 2.17. The normalized spacial score (nSPS) is 15.5. The SMILES string of the molecule is CN(CCC#N)C(=O)CCOC1CCC1. The summed E-state index contributed by atoms with van der Waals surface area (Å²) in [5.74, 6) is 0.0598. The topological polar surface area (TPSA) is 53.3 Å². The first-order valence-electron chi connectivity index (χ1n) is 5.46. The van der Waals surface area contributed by atoms with Gasteiger partial charge in [-0.25, -0.2) is 0 Å². The zero-order valence-electron chi connectivity index (χ0n) is 9.24. The Morgan fingerprint density at radius 3 is 2.87 bits per heavy atom. The summed E-state index contributed by atoms with van der Waals surface area (Å²) < 4.78 is 5.49. The first kappa shape index (κ1) is 12.0. The molecule has 84 valence electrons. The van der Waals surface area contributed by atoms with Gasteiger partial charge in [-0.1, -0.05) is 0 Å². The number of rotatable bonds is 6. The van der Waals surface area contributed by atoms with Crippen molar-refractivity contribution in [3.05, 3.63) is 0 Å². The zero-order valence-corrected chi connectivity index (χ0v) is 9.24. The second kappa shape index (κ2) is 6.41. The minimum Gasteiger partial charge on any atom is -0.378 e. The molecule has 1 saturated carbocycles. The highest BCUT2D eigenvalue weighted by Gasteiger charge is 2.18. The van der Waals surface area contributed by atoms with Gasteiger partial charge in [0.1, 0.15) is 0 Å². The number of amides is 1. The first-order chi connectivity index (χ1) is 7.24. The standard InChI is InChI=1S/C11H18N2O2/c1-13(8-3-7-12)11(14)6-9-15-10-4-2-5-10/h10H,2-6,8-9H2,1H3. The van der Waals surface area contributed by atoms with Gasteiger partial charge >= 0.3 is 0 Å². The van der Waals surface area contributed by atoms with Gasteiger partial charge in [0.05, 0.1) is 31.6 Å². The van der Waals surface area contributed by atoms with E-state index in [1.807, 2.05) is 6.07 Å². The lowest BCUT2D eigenvalue weighted by atomic mass is 9.96. The van der Waals surface area contributed by atoms with Crippen molar-refractivity contribution in [1.82, 2.24) is 4.90 Å². The van der Waals surface area contributed by atoms with Gasteiger partial charge in [0, 0.05) is 13.6 Å². The largest absolute Gasteiger partial charge is 0.378 e. The highest BCUT2D eigenvalue weighted by Crippen LogP contribution is 2.21. The summed E-state index contributed by atoms with van der Waals surface area (Å²) in [5.41, 5.74) is 0. The van der Waals surface area contributed by atoms with Crippen molar-refractivity contribution >= 4 is 5.91 Å². The van der Waals surface area contributed by atoms with Crippen LogP contribution in [0.15, 0.2) is 0 Å². The quantitative estimate of drug-likeness (QED) is 0.664. The number of nitriles is 1. The maximum Gasteiger partial charge on any atom is 0.224 e. The van der Waals surface area contributed by atoms with Crippen LogP contribution < -0.4 is 0 Å². The molecule has 0 aliphatic heterocycles. The Balaban J connectivity index is 2.03. The van der Waals surface area contributed by atoms with E-state index in [2.05, 4.69) is 0 Å². The van der Waals surface area contributed by atoms with Gasteiger partial charge < -0.3 is 9.64 Å². The molecule has 0 spiro atoms. The van der Waals surface area contributed by atoms with E-state index in [0.717, 1.165) is 12.8 Å². The van der Waals surface area contributed by atoms with Crippen LogP contribution in [0, 0.1) is 11.3 Å². The van der Waals surface area contributed by atoms with Crippen LogP contribution in [0.5, 0.6) is 0 Å². The van der Waals surface area contributed by atoms with Gasteiger partial charge in [0.2, 0.25) is 5.91 Å². The van der Waals surface area contributed by atoms with E-state index in [1.54, 1.807) is 11.9 Å². The third kappa shape index (κ3) is 4.30. The molecule has 1 rings (SSSR count). The van der Waals surface area contributed by atoms with Crippen LogP contribution in [-0.4, -0.2) is 37.1 Å². The van der Waals surface area contributed by atoms with Crippen molar-refractivity contribution < 1.29 is 9.53 Å². The smallest absolute Gasteiger partial charge is 0.224 e. The molecule has 0 atom stereocenters. The number of hydrogen-bond donors (Lipinski definition) is 0. The zero-order chi connectivity index (χ0) is 11.1. The van der Waals surface area contributed by atoms with Crippen LogP contribution in [0.4, 0.5) is 0 Å². The van der Waals surface area contributed by atoms with Gasteiger partial charge in [-0.05, 0) is 19.3 Å². The van der Waals surface area contributed by atoms with E-state index in [9.17, 15) is 4.79 Å². The molecular formula is C11H18N2O2. The maximum absolute atomic E-state index is 11.5. The molecule has 0 N–H and O–H groups in total. The highest BCUT2D eigenvalue weighted by atomic mass is 16.5. The van der Waals surface area contributed by atoms with Crippen molar-refractivity contribution in [2.75, 3.05) is 20.2 Å². The molecule has 4 nitrogen and oxygen atoms in total. The van der Waals surface area contributed by atoms with Crippen LogP contribution in [0.25, 0.3) is 0 Å². The molecule has 0 unspecified atom stereocenters. The molecule has 0 aromatic carbocycles. The van der Waals surface area contributed by atoms with Gasteiger partial charge in [-0.15, -0.1) is 0 Å². The number of nitrogens with zero attached hydrogens (tertiary/aromatic N) is 2. The molecule has 0 radical (unpaired) electrons. The molecular weight excluding hydrogens is 192 g/mol. The monoisotopic (exact) mass is 210 g/mol. The summed E-state index contributed by atoms with van der Waals surface area (Å²) in [6.45, 7) is 1.03. The number of ether oxygens (including phenoxy) is 1. The molecule has 0 aromatic heterocycles. The fourth-order valence-corrected chi connectivity index (χ4v) is 1.38. The van der Waals surface area contributed by atoms with Gasteiger partial charge in [0.15, 0.2) is 0 Å². The lowest BCUT2D eigenvalue weighted by molar-refractivity contribution is -0.131. The van der Waals surface area contributed by atoms with Crippen LogP contribution in [-0.2, 0) is 9.53 Å². The third-order valence-electron chi connectivity index (χ3n) is 2.71. The molecule has 1 aliphatic carbocycles. The van der Waals surface area contributed by atoms with E-state index in [-0.39, 0.29) is 5.91 Å². The molecule has 1 amide bonds. The fourth-order valence-electron chi connectivity index (χ4n) is 1.38. The predicted octanol–water partition coefficient (Wildman–Crippen LogP) is 1.32. The minimum absolute atomic E-state index is 0.0598. The molecule has 0 saturated heterocycles. The molecule has 4 heteroatoms. The van der Waals surface area contributed by atoms with Crippen molar-refractivity contribution in [1.29, 1.82) is 5.26 Å². The van der Waals surface area contributed by atoms with E-state index in [4.69, 9.17) is 10.00 Å². The molecule has 0 heterocycles. The van der Waals surface area contributed by atoms with Crippen LogP contribution >= 0.6 is 0 Å². The lowest BCUT2D eigenvalue weighted by Crippen LogP contribution is -2.30. The molecule has 1 fully saturated rings. The summed E-state index contributed by atoms with van der Waals surface area (Å²) in [6.07, 6.45) is 4.74. The van der Waals surface area contributed by atoms with Crippen LogP contribution in [0.1, 0.15) is 32.1 Å². The molecule has 0 aromatic rings. The molecule has 1 aliphatic rings. The Kier molecular flexibility index (Phi) is 5.13. The van der Waals surface area contributed by atoms with Crippen molar-refractivity contribution in [3.8, 4) is 6.07 Å². The van der Waals surface area contributed by atoms with E-state index >= 15 is 0 Å². The summed E-state index contributed by atoms with van der Waals surface area (Å²) in [7, 11) is 1.73. The van der Waals surface area contributed by atoms with E-state index < -0.39 is 0 Å². The maximum atomic E-state index is 11.5. The van der Waals surface area contributed by atoms with Crippen molar-refractivity contribution in [2.24, 2.45) is 0 Å². The van der Waals surface area contributed by atoms with Gasteiger partial charge in [0.25, 0.3) is 0 Å². The Bertz CT molecular complexity index is 243. The Morgan fingerprint density at radius 1 is 1.60 bits per heavy atom. The van der Waals surface area contributed by atoms with E-state index in [0.29, 0.717) is 32.1 Å². The summed E-state index contributed by atoms with van der Waals surface area (Å²) in [4.78, 5) is 13.1. The minimum atomic E-state index is 0.0598. The molecule has 15 heavy (non-hydrogen) atoms. The summed E-state index contributed by atoms with van der Waals surface area (Å²) in [6, 6.07) is 2.02. The summed E-state index contributed by atoms with van der Waals surface area (Å²) >= 11 is 0. The first-order valence-corrected chi connectivity index (χ1v) is 5.46. The van der Waals surface area contributed by atoms with Gasteiger partial charge in [-0.2, -0.15) is 5.26 Å². The summed E-state index contributed by atoms with van der Waals surface area (Å²) in [5, 5.41) is 8.37. The predicted molar refractivity (Wildman–Crippen MR) is 56.1 cm³/mol. The highest BCUT2D eigenvalue weighted by molar-refractivity contribution is 5.75. The number of carbonyl (C=O) groups excluding carboxylic acids is 1. The fraction of sp³-hybridized carbons (Fsp3) is 0.818. The third-order valence-corrected chi connectivity index (χ3v) is 2.71. The van der Waals surface area contributed by atoms with Crippen LogP contribution in [0.3, 0.4) is 0 Å². The lowest BCUT2D eigenvalue weighted by Gasteiger charge is -2.25. The second-order valence-electron chi connectivity index (χ2n) is 3.90. The van der Waals surface area contributed by atoms with E-state index in [1.165, 1.54) is 6.42 Å². The van der Waals surface area contributed by atoms with Crippen molar-refractivity contribution in [2.45, 2.75) is 38.2 Å². The number of carbonyl (C=O) groups is 1. The Hall–Kier alpha value is -1.08. The second-order valence-corrected chi connectivity index (χ2v) is 3.90. The average molecular weight is 210 g/mol. The Labute approximate surface area is 90.8 Å². The number of hydrogen-bond acceptors (Lipinski definition) is 3.